The van der Waals surface area contributed by atoms with E-state index >= 15 is 0 Å². The van der Waals surface area contributed by atoms with Gasteiger partial charge in [0.25, 0.3) is 11.6 Å². The van der Waals surface area contributed by atoms with Crippen molar-refractivity contribution in [2.24, 2.45) is 0 Å². The van der Waals surface area contributed by atoms with Gasteiger partial charge in [0, 0.05) is 26.6 Å². The lowest BCUT2D eigenvalue weighted by Gasteiger charge is -2.38. The molecule has 1 aliphatic rings. The number of nitro groups is 1. The Bertz CT molecular complexity index is 972. The van der Waals surface area contributed by atoms with E-state index in [2.05, 4.69) is 0 Å². The summed E-state index contributed by atoms with van der Waals surface area (Å²) in [6.07, 6.45) is 1.59. The zero-order valence-electron chi connectivity index (χ0n) is 15.3. The summed E-state index contributed by atoms with van der Waals surface area (Å²) in [6, 6.07) is 11.0. The zero-order chi connectivity index (χ0) is 20.4. The topological polar surface area (TPSA) is 83.8 Å². The Kier molecular flexibility index (Phi) is 5.21. The second-order valence-corrected chi connectivity index (χ2v) is 6.51. The molecule has 8 heteroatoms. The van der Waals surface area contributed by atoms with Gasteiger partial charge in [-0.15, -0.1) is 0 Å². The van der Waals surface area contributed by atoms with Crippen LogP contribution in [0.4, 0.5) is 10.1 Å². The van der Waals surface area contributed by atoms with Crippen LogP contribution in [0.15, 0.2) is 54.2 Å². The molecule has 2 aromatic carbocycles. The summed E-state index contributed by atoms with van der Waals surface area (Å²) in [6.45, 7) is 0. The molecule has 0 radical (unpaired) electrons. The second-order valence-electron chi connectivity index (χ2n) is 6.51. The highest BCUT2D eigenvalue weighted by molar-refractivity contribution is 6.07. The molecular formula is C20H18FN3O4. The fourth-order valence-electron chi connectivity index (χ4n) is 3.12. The van der Waals surface area contributed by atoms with Gasteiger partial charge >= 0.3 is 0 Å². The smallest absolute Gasteiger partial charge is 0.276 e. The molecule has 1 unspecified atom stereocenters. The van der Waals surface area contributed by atoms with Crippen molar-refractivity contribution in [3.05, 3.63) is 81.3 Å². The Hall–Kier alpha value is -3.55. The van der Waals surface area contributed by atoms with E-state index in [0.29, 0.717) is 0 Å². The molecule has 28 heavy (non-hydrogen) atoms. The van der Waals surface area contributed by atoms with Crippen LogP contribution >= 0.6 is 0 Å². The summed E-state index contributed by atoms with van der Waals surface area (Å²) in [5, 5.41) is 11.2. The van der Waals surface area contributed by atoms with Crippen LogP contribution in [0, 0.1) is 15.9 Å². The van der Waals surface area contributed by atoms with Crippen molar-refractivity contribution in [2.45, 2.75) is 12.5 Å². The van der Waals surface area contributed by atoms with Crippen LogP contribution in [-0.4, -0.2) is 46.7 Å². The molecule has 0 aliphatic carbocycles. The number of hydrogen-bond donors (Lipinski definition) is 0. The van der Waals surface area contributed by atoms with E-state index in [4.69, 9.17) is 0 Å². The highest BCUT2D eigenvalue weighted by Gasteiger charge is 2.39. The summed E-state index contributed by atoms with van der Waals surface area (Å²) < 4.78 is 13.1. The third-order valence-electron chi connectivity index (χ3n) is 4.75. The molecule has 2 amide bonds. The molecule has 7 nitrogen and oxygen atoms in total. The fraction of sp³-hybridized carbons (Fsp3) is 0.200. The molecule has 2 aromatic rings. The average molecular weight is 383 g/mol. The van der Waals surface area contributed by atoms with Crippen LogP contribution in [0.5, 0.6) is 0 Å². The first-order valence-electron chi connectivity index (χ1n) is 8.54. The molecule has 1 atom stereocenters. The van der Waals surface area contributed by atoms with Gasteiger partial charge in [0.2, 0.25) is 5.91 Å². The zero-order valence-corrected chi connectivity index (χ0v) is 15.3. The number of amides is 2. The lowest BCUT2D eigenvalue weighted by atomic mass is 10.00. The molecule has 0 aromatic heterocycles. The van der Waals surface area contributed by atoms with E-state index in [1.165, 1.54) is 60.3 Å². The first-order valence-corrected chi connectivity index (χ1v) is 8.54. The molecular weight excluding hydrogens is 365 g/mol. The quantitative estimate of drug-likeness (QED) is 0.462. The molecule has 1 saturated heterocycles. The van der Waals surface area contributed by atoms with Crippen LogP contribution in [-0.2, 0) is 16.0 Å². The van der Waals surface area contributed by atoms with Crippen LogP contribution in [0.3, 0.4) is 0 Å². The number of nitrogens with zero attached hydrogens (tertiary/aromatic N) is 3. The van der Waals surface area contributed by atoms with E-state index in [1.807, 2.05) is 0 Å². The number of carbonyl (C=O) groups excluding carboxylic acids is 2. The van der Waals surface area contributed by atoms with Gasteiger partial charge in [0.1, 0.15) is 17.6 Å². The molecule has 3 rings (SSSR count). The van der Waals surface area contributed by atoms with Gasteiger partial charge in [0.05, 0.1) is 10.5 Å². The van der Waals surface area contributed by atoms with Gasteiger partial charge in [-0.1, -0.05) is 24.3 Å². The first kappa shape index (κ1) is 19.2. The maximum atomic E-state index is 13.1. The molecule has 0 bridgehead atoms. The molecule has 0 saturated carbocycles. The lowest BCUT2D eigenvalue weighted by Crippen LogP contribution is -2.56. The average Bonchev–Trinajstić information content (AvgIpc) is 2.68. The first-order chi connectivity index (χ1) is 13.3. The van der Waals surface area contributed by atoms with Crippen molar-refractivity contribution in [3.8, 4) is 0 Å². The number of carbonyl (C=O) groups is 2. The van der Waals surface area contributed by atoms with Crippen LogP contribution in [0.2, 0.25) is 0 Å². The Morgan fingerprint density at radius 2 is 1.75 bits per heavy atom. The molecule has 144 valence electrons. The molecule has 0 N–H and O–H groups in total. The van der Waals surface area contributed by atoms with Crippen molar-refractivity contribution >= 4 is 23.6 Å². The lowest BCUT2D eigenvalue weighted by molar-refractivity contribution is -0.385. The summed E-state index contributed by atoms with van der Waals surface area (Å²) in [5.41, 5.74) is 0.858. The van der Waals surface area contributed by atoms with Crippen molar-refractivity contribution in [1.29, 1.82) is 0 Å². The molecule has 0 spiro atoms. The number of halogens is 1. The molecule has 1 heterocycles. The number of benzene rings is 2. The van der Waals surface area contributed by atoms with Crippen LogP contribution in [0.25, 0.3) is 6.08 Å². The van der Waals surface area contributed by atoms with Gasteiger partial charge in [0.15, 0.2) is 0 Å². The van der Waals surface area contributed by atoms with Gasteiger partial charge in [-0.25, -0.2) is 4.39 Å². The Morgan fingerprint density at radius 3 is 2.39 bits per heavy atom. The summed E-state index contributed by atoms with van der Waals surface area (Å²) in [7, 11) is 2.97. The van der Waals surface area contributed by atoms with Gasteiger partial charge in [-0.05, 0) is 29.8 Å². The van der Waals surface area contributed by atoms with Crippen LogP contribution < -0.4 is 0 Å². The van der Waals surface area contributed by atoms with E-state index in [9.17, 15) is 24.1 Å². The van der Waals surface area contributed by atoms with E-state index in [-0.39, 0.29) is 35.1 Å². The highest BCUT2D eigenvalue weighted by atomic mass is 19.1. The maximum absolute atomic E-state index is 13.1. The molecule has 1 fully saturated rings. The predicted octanol–water partition coefficient (Wildman–Crippen LogP) is 2.62. The second kappa shape index (κ2) is 7.59. The van der Waals surface area contributed by atoms with Crippen molar-refractivity contribution in [1.82, 2.24) is 9.80 Å². The molecule has 1 aliphatic heterocycles. The minimum absolute atomic E-state index is 0.0529. The minimum Gasteiger partial charge on any atom is -0.328 e. The predicted molar refractivity (Wildman–Crippen MR) is 101 cm³/mol. The normalized spacial score (nSPS) is 18.7. The number of hydrogen-bond acceptors (Lipinski definition) is 4. The standard InChI is InChI=1S/C20H18FN3O4/c1-22-17(11-13-7-9-15(21)10-8-13)19(25)23(2)18(20(22)26)12-14-5-3-4-6-16(14)24(27)28/h3-10,12,17H,11H2,1-2H3/b18-12+. The number of piperazine rings is 1. The summed E-state index contributed by atoms with van der Waals surface area (Å²) in [4.78, 5) is 38.9. The Morgan fingerprint density at radius 1 is 1.11 bits per heavy atom. The number of rotatable bonds is 4. The monoisotopic (exact) mass is 383 g/mol. The van der Waals surface area contributed by atoms with Gasteiger partial charge < -0.3 is 9.80 Å². The third-order valence-corrected chi connectivity index (χ3v) is 4.75. The fourth-order valence-corrected chi connectivity index (χ4v) is 3.12. The van der Waals surface area contributed by atoms with E-state index in [1.54, 1.807) is 18.2 Å². The van der Waals surface area contributed by atoms with E-state index in [0.717, 1.165) is 5.56 Å². The van der Waals surface area contributed by atoms with Crippen LogP contribution in [0.1, 0.15) is 11.1 Å². The number of para-hydroxylation sites is 1. The Balaban J connectivity index is 1.92. The van der Waals surface area contributed by atoms with Crippen molar-refractivity contribution in [3.63, 3.8) is 0 Å². The van der Waals surface area contributed by atoms with Gasteiger partial charge in [-0.2, -0.15) is 0 Å². The number of nitro benzene ring substituents is 1. The number of likely N-dealkylation sites (N-methyl/N-ethyl adjacent to an activating group) is 2. The van der Waals surface area contributed by atoms with Crippen molar-refractivity contribution in [2.75, 3.05) is 14.1 Å². The van der Waals surface area contributed by atoms with E-state index < -0.39 is 16.9 Å². The summed E-state index contributed by atoms with van der Waals surface area (Å²) in [5.74, 6) is -1.13. The Labute approximate surface area is 160 Å². The third kappa shape index (κ3) is 3.62. The highest BCUT2D eigenvalue weighted by Crippen LogP contribution is 2.26. The maximum Gasteiger partial charge on any atom is 0.276 e. The minimum atomic E-state index is -0.745. The largest absolute Gasteiger partial charge is 0.328 e. The summed E-state index contributed by atoms with van der Waals surface area (Å²) >= 11 is 0. The van der Waals surface area contributed by atoms with Crippen molar-refractivity contribution < 1.29 is 18.9 Å². The SMILES string of the molecule is CN1C(=O)C(Cc2ccc(F)cc2)N(C)C(=O)/C1=C\c1ccccc1[N+](=O)[O-]. The van der Waals surface area contributed by atoms with Gasteiger partial charge in [-0.3, -0.25) is 19.7 Å².